The number of hydrogen-bond donors (Lipinski definition) is 1. The Bertz CT molecular complexity index is 220. The molecule has 0 spiro atoms. The highest BCUT2D eigenvalue weighted by Gasteiger charge is 1.95. The van der Waals surface area contributed by atoms with Crippen LogP contribution in [0.5, 0.6) is 0 Å². The Kier molecular flexibility index (Phi) is 2.63. The summed E-state index contributed by atoms with van der Waals surface area (Å²) in [6, 6.07) is 3.74. The van der Waals surface area contributed by atoms with E-state index in [0.29, 0.717) is 6.54 Å². The molecule has 1 aromatic rings. The maximum atomic E-state index is 5.63. The van der Waals surface area contributed by atoms with Gasteiger partial charge < -0.3 is 5.01 Å². The maximum Gasteiger partial charge on any atom is 0.0704 e. The zero-order valence-electron chi connectivity index (χ0n) is 6.27. The topological polar surface area (TPSA) is 42.1 Å². The van der Waals surface area contributed by atoms with Crippen molar-refractivity contribution in [3.8, 4) is 0 Å². The van der Waals surface area contributed by atoms with E-state index < -0.39 is 0 Å². The van der Waals surface area contributed by atoms with E-state index in [-0.39, 0.29) is 0 Å². The van der Waals surface area contributed by atoms with Gasteiger partial charge in [-0.2, -0.15) is 0 Å². The lowest BCUT2D eigenvalue weighted by Gasteiger charge is -2.14. The van der Waals surface area contributed by atoms with Crippen LogP contribution in [0.4, 0.5) is 5.69 Å². The van der Waals surface area contributed by atoms with Crippen LogP contribution in [0.25, 0.3) is 0 Å². The Morgan fingerprint density at radius 1 is 1.73 bits per heavy atom. The van der Waals surface area contributed by atoms with Crippen LogP contribution >= 0.6 is 0 Å². The minimum absolute atomic E-state index is 0.631. The van der Waals surface area contributed by atoms with E-state index >= 15 is 0 Å². The second kappa shape index (κ2) is 3.73. The van der Waals surface area contributed by atoms with Crippen molar-refractivity contribution in [2.75, 3.05) is 11.6 Å². The number of nitrogens with zero attached hydrogens (tertiary/aromatic N) is 2. The van der Waals surface area contributed by atoms with Gasteiger partial charge in [0.15, 0.2) is 0 Å². The van der Waals surface area contributed by atoms with Crippen molar-refractivity contribution in [3.05, 3.63) is 37.2 Å². The number of hydrazine groups is 1. The Hall–Kier alpha value is -1.35. The molecule has 3 nitrogen and oxygen atoms in total. The molecule has 11 heavy (non-hydrogen) atoms. The Balaban J connectivity index is 2.68. The van der Waals surface area contributed by atoms with Crippen molar-refractivity contribution >= 4 is 5.69 Å². The third kappa shape index (κ3) is 2.05. The summed E-state index contributed by atoms with van der Waals surface area (Å²) in [5.74, 6) is 5.63. The minimum atomic E-state index is 0.631. The predicted molar refractivity (Wildman–Crippen MR) is 46.0 cm³/mol. The molecule has 1 rings (SSSR count). The number of hydrogen-bond acceptors (Lipinski definition) is 3. The number of anilines is 1. The highest BCUT2D eigenvalue weighted by Crippen LogP contribution is 2.05. The molecule has 0 atom stereocenters. The zero-order valence-corrected chi connectivity index (χ0v) is 6.27. The van der Waals surface area contributed by atoms with Crippen LogP contribution < -0.4 is 10.9 Å². The van der Waals surface area contributed by atoms with Crippen LogP contribution in [0.3, 0.4) is 0 Å². The SMILES string of the molecule is C=CCN(N)c1cccnc1. The first-order valence-corrected chi connectivity index (χ1v) is 3.37. The highest BCUT2D eigenvalue weighted by molar-refractivity contribution is 5.42. The number of rotatable bonds is 3. The number of pyridine rings is 1. The second-order valence-corrected chi connectivity index (χ2v) is 2.15. The largest absolute Gasteiger partial charge is 0.306 e. The molecule has 1 heterocycles. The van der Waals surface area contributed by atoms with Crippen molar-refractivity contribution in [3.63, 3.8) is 0 Å². The fourth-order valence-corrected chi connectivity index (χ4v) is 0.768. The maximum absolute atomic E-state index is 5.63. The Morgan fingerprint density at radius 3 is 3.09 bits per heavy atom. The molecule has 2 N–H and O–H groups in total. The molecule has 0 aliphatic carbocycles. The summed E-state index contributed by atoms with van der Waals surface area (Å²) in [6.45, 7) is 4.21. The molecular weight excluding hydrogens is 138 g/mol. The van der Waals surface area contributed by atoms with Gasteiger partial charge in [0, 0.05) is 6.20 Å². The van der Waals surface area contributed by atoms with Gasteiger partial charge in [-0.3, -0.25) is 4.98 Å². The van der Waals surface area contributed by atoms with Crippen LogP contribution in [0, 0.1) is 0 Å². The average Bonchev–Trinajstić information content (AvgIpc) is 2.07. The molecule has 1 aromatic heterocycles. The molecule has 0 saturated carbocycles. The monoisotopic (exact) mass is 149 g/mol. The lowest BCUT2D eigenvalue weighted by atomic mass is 10.4. The van der Waals surface area contributed by atoms with Gasteiger partial charge in [0.1, 0.15) is 0 Å². The first kappa shape index (κ1) is 7.75. The van der Waals surface area contributed by atoms with Gasteiger partial charge in [-0.25, -0.2) is 5.84 Å². The molecule has 0 aromatic carbocycles. The second-order valence-electron chi connectivity index (χ2n) is 2.15. The summed E-state index contributed by atoms with van der Waals surface area (Å²) >= 11 is 0. The van der Waals surface area contributed by atoms with Crippen LogP contribution in [0.15, 0.2) is 37.2 Å². The van der Waals surface area contributed by atoms with Crippen molar-refractivity contribution in [2.45, 2.75) is 0 Å². The quantitative estimate of drug-likeness (QED) is 0.395. The van der Waals surface area contributed by atoms with E-state index in [1.165, 1.54) is 0 Å². The average molecular weight is 149 g/mol. The van der Waals surface area contributed by atoms with E-state index in [1.54, 1.807) is 23.5 Å². The van der Waals surface area contributed by atoms with Crippen molar-refractivity contribution < 1.29 is 0 Å². The molecule has 58 valence electrons. The van der Waals surface area contributed by atoms with Crippen LogP contribution in [-0.2, 0) is 0 Å². The molecule has 0 fully saturated rings. The van der Waals surface area contributed by atoms with Crippen molar-refractivity contribution in [1.82, 2.24) is 4.98 Å². The van der Waals surface area contributed by atoms with E-state index in [1.807, 2.05) is 12.1 Å². The molecule has 0 aliphatic heterocycles. The summed E-state index contributed by atoms with van der Waals surface area (Å²) in [5, 5.41) is 1.58. The van der Waals surface area contributed by atoms with Crippen molar-refractivity contribution in [1.29, 1.82) is 0 Å². The summed E-state index contributed by atoms with van der Waals surface area (Å²) in [6.07, 6.45) is 5.17. The summed E-state index contributed by atoms with van der Waals surface area (Å²) in [5.41, 5.74) is 0.896. The van der Waals surface area contributed by atoms with Crippen LogP contribution in [0.1, 0.15) is 0 Å². The van der Waals surface area contributed by atoms with E-state index in [2.05, 4.69) is 11.6 Å². The minimum Gasteiger partial charge on any atom is -0.306 e. The lowest BCUT2D eigenvalue weighted by Crippen LogP contribution is -2.30. The number of nitrogens with two attached hydrogens (primary N) is 1. The number of aromatic nitrogens is 1. The van der Waals surface area contributed by atoms with Crippen LogP contribution in [-0.4, -0.2) is 11.5 Å². The van der Waals surface area contributed by atoms with Gasteiger partial charge in [0.05, 0.1) is 18.4 Å². The molecular formula is C8H11N3. The van der Waals surface area contributed by atoms with Crippen molar-refractivity contribution in [2.24, 2.45) is 5.84 Å². The molecule has 0 bridgehead atoms. The van der Waals surface area contributed by atoms with Gasteiger partial charge in [0.25, 0.3) is 0 Å². The summed E-state index contributed by atoms with van der Waals surface area (Å²) in [4.78, 5) is 3.93. The third-order valence-corrected chi connectivity index (χ3v) is 1.30. The fraction of sp³-hybridized carbons (Fsp3) is 0.125. The van der Waals surface area contributed by atoms with Gasteiger partial charge in [-0.05, 0) is 12.1 Å². The highest BCUT2D eigenvalue weighted by atomic mass is 15.4. The zero-order chi connectivity index (χ0) is 8.10. The van der Waals surface area contributed by atoms with Gasteiger partial charge in [-0.15, -0.1) is 6.58 Å². The van der Waals surface area contributed by atoms with E-state index in [0.717, 1.165) is 5.69 Å². The first-order chi connectivity index (χ1) is 5.34. The predicted octanol–water partition coefficient (Wildman–Crippen LogP) is 0.948. The van der Waals surface area contributed by atoms with E-state index in [4.69, 9.17) is 5.84 Å². The Morgan fingerprint density at radius 2 is 2.55 bits per heavy atom. The smallest absolute Gasteiger partial charge is 0.0704 e. The van der Waals surface area contributed by atoms with Crippen LogP contribution in [0.2, 0.25) is 0 Å². The Labute approximate surface area is 66.1 Å². The van der Waals surface area contributed by atoms with Gasteiger partial charge in [-0.1, -0.05) is 6.08 Å². The molecule has 0 radical (unpaired) electrons. The summed E-state index contributed by atoms with van der Waals surface area (Å²) < 4.78 is 0. The molecule has 0 aliphatic rings. The molecule has 0 saturated heterocycles. The normalized spacial score (nSPS) is 9.18. The lowest BCUT2D eigenvalue weighted by molar-refractivity contribution is 0.935. The standard InChI is InChI=1S/C8H11N3/c1-2-6-11(9)8-4-3-5-10-7-8/h2-5,7H,1,6,9H2. The van der Waals surface area contributed by atoms with E-state index in [9.17, 15) is 0 Å². The molecule has 0 amide bonds. The van der Waals surface area contributed by atoms with Gasteiger partial charge >= 0.3 is 0 Å². The fourth-order valence-electron chi connectivity index (χ4n) is 0.768. The summed E-state index contributed by atoms with van der Waals surface area (Å²) in [7, 11) is 0. The molecule has 0 unspecified atom stereocenters. The molecule has 3 heteroatoms. The first-order valence-electron chi connectivity index (χ1n) is 3.37. The van der Waals surface area contributed by atoms with Gasteiger partial charge in [0.2, 0.25) is 0 Å². The third-order valence-electron chi connectivity index (χ3n) is 1.30.